The van der Waals surface area contributed by atoms with Crippen LogP contribution in [0.2, 0.25) is 0 Å². The van der Waals surface area contributed by atoms with Gasteiger partial charge in [-0.3, -0.25) is 33.8 Å². The van der Waals surface area contributed by atoms with Crippen LogP contribution in [0.15, 0.2) is 225 Å². The second kappa shape index (κ2) is 29.2. The van der Waals surface area contributed by atoms with Crippen LogP contribution in [0.5, 0.6) is 11.5 Å². The Morgan fingerprint density at radius 2 is 0.854 bits per heavy atom. The van der Waals surface area contributed by atoms with E-state index in [-0.39, 0.29) is 21.4 Å². The molecule has 0 saturated heterocycles. The van der Waals surface area contributed by atoms with Gasteiger partial charge in [0.2, 0.25) is 21.8 Å². The number of thiazole rings is 2. The summed E-state index contributed by atoms with van der Waals surface area (Å²) in [7, 11) is 3.10. The molecule has 6 heterocycles. The van der Waals surface area contributed by atoms with E-state index in [2.05, 4.69) is 78.9 Å². The second-order valence-corrected chi connectivity index (χ2v) is 27.9. The molecule has 0 aliphatic carbocycles. The van der Waals surface area contributed by atoms with Crippen molar-refractivity contribution in [1.29, 1.82) is 0 Å². The molecule has 0 fully saturated rings. The summed E-state index contributed by atoms with van der Waals surface area (Å²) in [6.45, 7) is 4.60. The fourth-order valence-corrected chi connectivity index (χ4v) is 16.8. The Morgan fingerprint density at radius 1 is 0.490 bits per heavy atom. The number of fused-ring (bicyclic) bond motifs is 2. The number of aliphatic carboxylic acids is 1. The Bertz CT molecular complexity index is 4690. The Hall–Kier alpha value is -10.2. The zero-order chi connectivity index (χ0) is 67.1. The highest BCUT2D eigenvalue weighted by Crippen LogP contribution is 2.48. The van der Waals surface area contributed by atoms with Crippen molar-refractivity contribution in [3.8, 4) is 32.6 Å². The van der Waals surface area contributed by atoms with Crippen molar-refractivity contribution in [3.05, 3.63) is 260 Å². The van der Waals surface area contributed by atoms with Gasteiger partial charge in [0.05, 0.1) is 58.6 Å². The van der Waals surface area contributed by atoms with E-state index in [0.717, 1.165) is 39.9 Å². The molecule has 12 aromatic rings. The first kappa shape index (κ1) is 65.8. The number of carboxylic acid groups (broad SMARTS) is 1. The first-order chi connectivity index (χ1) is 46.6. The SMILES string of the molecule is CC(=O)O.COc1cccc(C2C(C(=O)c3sc(-c4ccccc4)nc3C)=C(O)C(=O)N2c2nnc(SCc3cccc4ccccc34)s2)c1.COc1cccc(C2C(C(=O)c3sc(-c4ccccc4)nc3C)=C(O)C(=O)N2c2nnc(SCc3cccc4ccccc34)s2)c1. The number of amides is 2. The molecule has 14 rings (SSSR count). The molecule has 2 unspecified atom stereocenters. The van der Waals surface area contributed by atoms with E-state index in [4.69, 9.17) is 19.4 Å². The Balaban J connectivity index is 0.000000174. The van der Waals surface area contributed by atoms with Gasteiger partial charge in [0, 0.05) is 29.6 Å². The number of rotatable bonds is 18. The monoisotopic (exact) mass is 1380 g/mol. The molecule has 2 aliphatic rings. The number of aliphatic hydroxyl groups excluding tert-OH is 2. The van der Waals surface area contributed by atoms with E-state index in [9.17, 15) is 29.4 Å². The first-order valence-electron chi connectivity index (χ1n) is 29.6. The van der Waals surface area contributed by atoms with Crippen LogP contribution in [-0.4, -0.2) is 89.3 Å². The average Bonchev–Trinajstić information content (AvgIpc) is 1.60. The number of aryl methyl sites for hydroxylation is 2. The molecule has 3 N–H and O–H groups in total. The van der Waals surface area contributed by atoms with Gasteiger partial charge < -0.3 is 24.8 Å². The summed E-state index contributed by atoms with van der Waals surface area (Å²) in [4.78, 5) is 77.8. The third kappa shape index (κ3) is 13.8. The third-order valence-corrected chi connectivity index (χ3v) is 22.1. The number of benzene rings is 8. The number of carboxylic acids is 1. The number of aromatic nitrogens is 6. The minimum Gasteiger partial charge on any atom is -0.503 e. The minimum absolute atomic E-state index is 0.0372. The van der Waals surface area contributed by atoms with Crippen molar-refractivity contribution in [2.45, 2.75) is 53.0 Å². The number of anilines is 2. The maximum atomic E-state index is 14.3. The number of ketones is 2. The molecule has 2 aliphatic heterocycles. The maximum absolute atomic E-state index is 14.3. The largest absolute Gasteiger partial charge is 0.503 e. The summed E-state index contributed by atoms with van der Waals surface area (Å²) < 4.78 is 12.2. The molecule has 0 bridgehead atoms. The Morgan fingerprint density at radius 3 is 1.25 bits per heavy atom. The summed E-state index contributed by atoms with van der Waals surface area (Å²) in [5.41, 5.74) is 6.22. The molecule has 18 nitrogen and oxygen atoms in total. The molecule has 24 heteroatoms. The van der Waals surface area contributed by atoms with Crippen molar-refractivity contribution >= 4 is 130 Å². The lowest BCUT2D eigenvalue weighted by atomic mass is 9.95. The molecular formula is C72H56N8O10S6. The van der Waals surface area contributed by atoms with E-state index >= 15 is 0 Å². The molecule has 0 saturated carbocycles. The molecular weight excluding hydrogens is 1330 g/mol. The van der Waals surface area contributed by atoms with Crippen LogP contribution >= 0.6 is 68.9 Å². The van der Waals surface area contributed by atoms with Crippen LogP contribution in [0, 0.1) is 13.8 Å². The smallest absolute Gasteiger partial charge is 0.300 e. The van der Waals surface area contributed by atoms with E-state index in [1.54, 1.807) is 76.6 Å². The number of thioether (sulfide) groups is 2. The van der Waals surface area contributed by atoms with Crippen LogP contribution in [0.4, 0.5) is 10.3 Å². The van der Waals surface area contributed by atoms with Crippen molar-refractivity contribution in [2.24, 2.45) is 0 Å². The number of carbonyl (C=O) groups excluding carboxylic acids is 4. The lowest BCUT2D eigenvalue weighted by molar-refractivity contribution is -0.134. The first-order valence-corrected chi connectivity index (χ1v) is 34.8. The van der Waals surface area contributed by atoms with E-state index < -0.39 is 53.0 Å². The standard InChI is InChI=1S/2C35H26N4O4S3.C2H4O2/c2*1-20-31(45-32(36-20)22-11-4-3-5-12-22)29(40)27-28(23-14-9-16-25(18-23)43-2)39(33(42)30(27)41)34-37-38-35(46-34)44-19-24-15-8-13-21-10-6-7-17-26(21)24;1-2(3)4/h2*3-18,28,41H,19H2,1-2H3;1H3,(H,3,4). The summed E-state index contributed by atoms with van der Waals surface area (Å²) >= 11 is 7.98. The number of hydrogen-bond donors (Lipinski definition) is 3. The van der Waals surface area contributed by atoms with Gasteiger partial charge in [0.15, 0.2) is 20.2 Å². The normalized spacial score (nSPS) is 14.4. The van der Waals surface area contributed by atoms with E-state index in [0.29, 0.717) is 74.0 Å². The van der Waals surface area contributed by atoms with Crippen LogP contribution in [0.3, 0.4) is 0 Å². The number of methoxy groups -OCH3 is 2. The number of carbonyl (C=O) groups is 5. The number of Topliss-reactive ketones (excluding diaryl/α,β-unsaturated/α-hetero) is 2. The van der Waals surface area contributed by atoms with Gasteiger partial charge in [-0.25, -0.2) is 9.97 Å². The highest BCUT2D eigenvalue weighted by atomic mass is 32.2. The second-order valence-electron chi connectivity index (χ2n) is 21.6. The Kier molecular flexibility index (Phi) is 20.0. The summed E-state index contributed by atoms with van der Waals surface area (Å²) in [6, 6.07) is 60.3. The molecule has 8 aromatic carbocycles. The quantitative estimate of drug-likeness (QED) is 0.0410. The predicted molar refractivity (Wildman–Crippen MR) is 379 cm³/mol. The molecule has 4 aromatic heterocycles. The highest BCUT2D eigenvalue weighted by molar-refractivity contribution is 8.00. The topological polar surface area (TPSA) is 248 Å². The summed E-state index contributed by atoms with van der Waals surface area (Å²) in [5.74, 6) is -2.03. The zero-order valence-corrected chi connectivity index (χ0v) is 56.7. The summed E-state index contributed by atoms with van der Waals surface area (Å²) in [5, 5.41) is 54.1. The number of aliphatic hydroxyl groups is 2. The van der Waals surface area contributed by atoms with Gasteiger partial charge in [-0.15, -0.1) is 43.1 Å². The molecule has 2 amide bonds. The van der Waals surface area contributed by atoms with Gasteiger partial charge in [-0.05, 0) is 81.9 Å². The van der Waals surface area contributed by atoms with Crippen molar-refractivity contribution < 1.29 is 48.8 Å². The third-order valence-electron chi connectivity index (χ3n) is 15.4. The highest BCUT2D eigenvalue weighted by Gasteiger charge is 2.49. The molecule has 2 atom stereocenters. The predicted octanol–water partition coefficient (Wildman–Crippen LogP) is 16.5. The molecule has 0 radical (unpaired) electrons. The van der Waals surface area contributed by atoms with Crippen LogP contribution in [0.1, 0.15) is 72.0 Å². The van der Waals surface area contributed by atoms with Crippen LogP contribution in [0.25, 0.3) is 42.7 Å². The van der Waals surface area contributed by atoms with Gasteiger partial charge in [-0.1, -0.05) is 216 Å². The summed E-state index contributed by atoms with van der Waals surface area (Å²) in [6.07, 6.45) is 0. The van der Waals surface area contributed by atoms with Gasteiger partial charge in [0.1, 0.15) is 21.5 Å². The average molecular weight is 1390 g/mol. The molecule has 0 spiro atoms. The van der Waals surface area contributed by atoms with E-state index in [1.807, 2.05) is 97.1 Å². The van der Waals surface area contributed by atoms with Crippen molar-refractivity contribution in [3.63, 3.8) is 0 Å². The zero-order valence-electron chi connectivity index (χ0n) is 51.8. The minimum atomic E-state index is -0.958. The Labute approximate surface area is 574 Å². The van der Waals surface area contributed by atoms with Gasteiger partial charge in [-0.2, -0.15) is 0 Å². The fraction of sp³-hybridized carbons (Fsp3) is 0.125. The lowest BCUT2D eigenvalue weighted by Crippen LogP contribution is -2.31. The van der Waals surface area contributed by atoms with E-state index in [1.165, 1.54) is 89.4 Å². The van der Waals surface area contributed by atoms with Crippen molar-refractivity contribution in [1.82, 2.24) is 30.4 Å². The number of hydrogen-bond acceptors (Lipinski definition) is 21. The molecule has 480 valence electrons. The van der Waals surface area contributed by atoms with Gasteiger partial charge >= 0.3 is 0 Å². The fourth-order valence-electron chi connectivity index (χ4n) is 11.0. The number of nitrogens with zero attached hydrogens (tertiary/aromatic N) is 8. The maximum Gasteiger partial charge on any atom is 0.300 e. The van der Waals surface area contributed by atoms with Crippen LogP contribution in [-0.2, 0) is 25.9 Å². The number of ether oxygens (including phenoxy) is 2. The van der Waals surface area contributed by atoms with Gasteiger partial charge in [0.25, 0.3) is 17.8 Å². The molecule has 96 heavy (non-hydrogen) atoms. The van der Waals surface area contributed by atoms with Crippen molar-refractivity contribution in [2.75, 3.05) is 24.0 Å². The van der Waals surface area contributed by atoms with Crippen LogP contribution < -0.4 is 19.3 Å². The lowest BCUT2D eigenvalue weighted by Gasteiger charge is -2.24.